The number of sulfonamides is 1. The average Bonchev–Trinajstić information content (AvgIpc) is 3.14. The first-order valence-electron chi connectivity index (χ1n) is 8.29. The zero-order valence-electron chi connectivity index (χ0n) is 13.8. The van der Waals surface area contributed by atoms with Gasteiger partial charge >= 0.3 is 0 Å². The number of nitrogens with zero attached hydrogens (tertiary/aromatic N) is 1. The van der Waals surface area contributed by atoms with Gasteiger partial charge in [0.1, 0.15) is 9.90 Å². The molecule has 2 N–H and O–H groups in total. The Morgan fingerprint density at radius 2 is 1.96 bits per heavy atom. The largest absolute Gasteiger partial charge is 0.268 e. The minimum Gasteiger partial charge on any atom is -0.268 e. The molecule has 134 valence electrons. The zero-order valence-corrected chi connectivity index (χ0v) is 15.4. The van der Waals surface area contributed by atoms with Gasteiger partial charge in [0.25, 0.3) is 15.6 Å². The van der Waals surface area contributed by atoms with Crippen molar-refractivity contribution < 1.29 is 8.42 Å². The molecule has 0 fully saturated rings. The number of aromatic amines is 1. The van der Waals surface area contributed by atoms with E-state index in [1.54, 1.807) is 18.2 Å². The van der Waals surface area contributed by atoms with Crippen LogP contribution in [0.5, 0.6) is 0 Å². The number of hydrogen-bond acceptors (Lipinski definition) is 5. The molecule has 0 amide bonds. The Morgan fingerprint density at radius 3 is 2.77 bits per heavy atom. The number of thiophene rings is 1. The van der Waals surface area contributed by atoms with Crippen LogP contribution in [0, 0.1) is 0 Å². The Balaban J connectivity index is 1.60. The maximum Gasteiger partial charge on any atom is 0.264 e. The second-order valence-electron chi connectivity index (χ2n) is 6.19. The molecular formula is C18H17N3O3S2. The minimum atomic E-state index is -3.63. The highest BCUT2D eigenvalue weighted by Crippen LogP contribution is 2.33. The van der Waals surface area contributed by atoms with Crippen molar-refractivity contribution in [3.63, 3.8) is 0 Å². The summed E-state index contributed by atoms with van der Waals surface area (Å²) in [4.78, 5) is 11.8. The van der Waals surface area contributed by atoms with Gasteiger partial charge in [-0.15, -0.1) is 11.3 Å². The van der Waals surface area contributed by atoms with E-state index in [1.165, 1.54) is 11.6 Å². The first-order chi connectivity index (χ1) is 12.5. The van der Waals surface area contributed by atoms with Gasteiger partial charge in [-0.25, -0.2) is 18.2 Å². The molecule has 1 aliphatic carbocycles. The third-order valence-electron chi connectivity index (χ3n) is 4.44. The van der Waals surface area contributed by atoms with Gasteiger partial charge in [0, 0.05) is 12.1 Å². The lowest BCUT2D eigenvalue weighted by Gasteiger charge is -2.25. The number of rotatable bonds is 4. The number of fused-ring (bicyclic) bond motifs is 1. The van der Waals surface area contributed by atoms with E-state index in [1.807, 2.05) is 18.2 Å². The monoisotopic (exact) mass is 387 g/mol. The lowest BCUT2D eigenvalue weighted by molar-refractivity contribution is 0.508. The van der Waals surface area contributed by atoms with Crippen molar-refractivity contribution in [2.75, 3.05) is 0 Å². The lowest BCUT2D eigenvalue weighted by atomic mass is 9.88. The molecule has 3 aromatic rings. The van der Waals surface area contributed by atoms with Crippen molar-refractivity contribution in [1.82, 2.24) is 14.9 Å². The van der Waals surface area contributed by atoms with Crippen LogP contribution in [0.4, 0.5) is 0 Å². The van der Waals surface area contributed by atoms with E-state index in [2.05, 4.69) is 21.0 Å². The highest BCUT2D eigenvalue weighted by atomic mass is 32.2. The standard InChI is InChI=1S/C18H17N3O3S2/c22-17-10-8-15(19-20-17)16-9-11-18(25-16)26(23,24)21-14-7-3-5-12-4-1-2-6-13(12)14/h1-2,4,6,8-11,14,21H,3,5,7H2,(H,20,22). The minimum absolute atomic E-state index is 0.207. The van der Waals surface area contributed by atoms with Gasteiger partial charge in [-0.2, -0.15) is 5.10 Å². The van der Waals surface area contributed by atoms with E-state index in [9.17, 15) is 13.2 Å². The van der Waals surface area contributed by atoms with E-state index in [-0.39, 0.29) is 15.8 Å². The number of benzene rings is 1. The highest BCUT2D eigenvalue weighted by Gasteiger charge is 2.26. The number of nitrogens with one attached hydrogen (secondary N) is 2. The summed E-state index contributed by atoms with van der Waals surface area (Å²) in [6.07, 6.45) is 2.73. The van der Waals surface area contributed by atoms with Crippen molar-refractivity contribution in [3.8, 4) is 10.6 Å². The summed E-state index contributed by atoms with van der Waals surface area (Å²) in [6, 6.07) is 14.0. The van der Waals surface area contributed by atoms with Crippen LogP contribution >= 0.6 is 11.3 Å². The third-order valence-corrected chi connectivity index (χ3v) is 7.52. The number of aryl methyl sites for hydroxylation is 1. The topological polar surface area (TPSA) is 91.9 Å². The molecule has 2 heterocycles. The molecule has 1 aliphatic rings. The summed E-state index contributed by atoms with van der Waals surface area (Å²) >= 11 is 1.13. The Labute approximate surface area is 155 Å². The number of hydrogen-bond donors (Lipinski definition) is 2. The number of aromatic nitrogens is 2. The summed E-state index contributed by atoms with van der Waals surface area (Å²) in [6.45, 7) is 0. The molecule has 2 aromatic heterocycles. The molecule has 1 aromatic carbocycles. The molecular weight excluding hydrogens is 370 g/mol. The fourth-order valence-corrected chi connectivity index (χ4v) is 5.75. The van der Waals surface area contributed by atoms with Gasteiger partial charge in [-0.3, -0.25) is 4.79 Å². The van der Waals surface area contributed by atoms with Crippen LogP contribution < -0.4 is 10.3 Å². The quantitative estimate of drug-likeness (QED) is 0.720. The van der Waals surface area contributed by atoms with E-state index in [4.69, 9.17) is 0 Å². The van der Waals surface area contributed by atoms with Gasteiger partial charge in [0.05, 0.1) is 4.88 Å². The molecule has 0 radical (unpaired) electrons. The number of H-pyrrole nitrogens is 1. The summed E-state index contributed by atoms with van der Waals surface area (Å²) in [5.74, 6) is 0. The molecule has 8 heteroatoms. The fourth-order valence-electron chi connectivity index (χ4n) is 3.21. The summed E-state index contributed by atoms with van der Waals surface area (Å²) in [5, 5.41) is 6.31. The van der Waals surface area contributed by atoms with Crippen molar-refractivity contribution in [2.45, 2.75) is 29.5 Å². The first-order valence-corrected chi connectivity index (χ1v) is 10.6. The summed E-state index contributed by atoms with van der Waals surface area (Å²) in [7, 11) is -3.63. The van der Waals surface area contributed by atoms with Crippen molar-refractivity contribution in [3.05, 3.63) is 70.0 Å². The molecule has 0 saturated carbocycles. The Morgan fingerprint density at radius 1 is 1.12 bits per heavy atom. The summed E-state index contributed by atoms with van der Waals surface area (Å²) in [5.41, 5.74) is 2.51. The van der Waals surface area contributed by atoms with Crippen LogP contribution in [0.3, 0.4) is 0 Å². The SMILES string of the molecule is O=c1ccc(-c2ccc(S(=O)(=O)NC3CCCc4ccccc43)s2)n[nH]1. The van der Waals surface area contributed by atoms with Crippen LogP contribution in [0.2, 0.25) is 0 Å². The zero-order chi connectivity index (χ0) is 18.1. The van der Waals surface area contributed by atoms with Gasteiger partial charge in [0.2, 0.25) is 0 Å². The van der Waals surface area contributed by atoms with Crippen LogP contribution in [0.15, 0.2) is 57.5 Å². The summed E-state index contributed by atoms with van der Waals surface area (Å²) < 4.78 is 28.7. The third kappa shape index (κ3) is 3.35. The van der Waals surface area contributed by atoms with Crippen LogP contribution in [0.25, 0.3) is 10.6 Å². The average molecular weight is 387 g/mol. The molecule has 0 saturated heterocycles. The molecule has 4 rings (SSSR count). The van der Waals surface area contributed by atoms with Gasteiger partial charge in [-0.1, -0.05) is 24.3 Å². The van der Waals surface area contributed by atoms with Crippen molar-refractivity contribution in [2.24, 2.45) is 0 Å². The Kier molecular flexibility index (Phi) is 4.47. The molecule has 6 nitrogen and oxygen atoms in total. The Bertz CT molecular complexity index is 1080. The second-order valence-corrected chi connectivity index (χ2v) is 9.21. The highest BCUT2D eigenvalue weighted by molar-refractivity contribution is 7.91. The van der Waals surface area contributed by atoms with E-state index >= 15 is 0 Å². The Hall–Kier alpha value is -2.29. The molecule has 1 atom stereocenters. The van der Waals surface area contributed by atoms with Gasteiger partial charge in [0.15, 0.2) is 0 Å². The molecule has 26 heavy (non-hydrogen) atoms. The van der Waals surface area contributed by atoms with Crippen molar-refractivity contribution >= 4 is 21.4 Å². The smallest absolute Gasteiger partial charge is 0.264 e. The second kappa shape index (κ2) is 6.79. The lowest BCUT2D eigenvalue weighted by Crippen LogP contribution is -2.30. The molecule has 1 unspecified atom stereocenters. The van der Waals surface area contributed by atoms with Crippen LogP contribution in [-0.4, -0.2) is 18.6 Å². The maximum absolute atomic E-state index is 12.8. The van der Waals surface area contributed by atoms with Gasteiger partial charge in [-0.05, 0) is 48.6 Å². The van der Waals surface area contributed by atoms with E-state index in [0.717, 1.165) is 36.2 Å². The van der Waals surface area contributed by atoms with Gasteiger partial charge < -0.3 is 0 Å². The van der Waals surface area contributed by atoms with Crippen LogP contribution in [-0.2, 0) is 16.4 Å². The normalized spacial score (nSPS) is 17.0. The predicted molar refractivity (Wildman–Crippen MR) is 101 cm³/mol. The maximum atomic E-state index is 12.8. The first kappa shape index (κ1) is 17.1. The molecule has 0 spiro atoms. The van der Waals surface area contributed by atoms with E-state index < -0.39 is 10.0 Å². The van der Waals surface area contributed by atoms with E-state index in [0.29, 0.717) is 10.6 Å². The predicted octanol–water partition coefficient (Wildman–Crippen LogP) is 2.85. The fraction of sp³-hybridized carbons (Fsp3) is 0.222. The van der Waals surface area contributed by atoms with Crippen molar-refractivity contribution in [1.29, 1.82) is 0 Å². The molecule has 0 aliphatic heterocycles. The molecule has 0 bridgehead atoms. The van der Waals surface area contributed by atoms with Crippen LogP contribution in [0.1, 0.15) is 30.0 Å².